The Morgan fingerprint density at radius 3 is 2.92 bits per heavy atom. The molecule has 4 rings (SSSR count). The van der Waals surface area contributed by atoms with Gasteiger partial charge in [0.05, 0.1) is 5.56 Å². The number of rotatable bonds is 5. The molecule has 0 spiro atoms. The van der Waals surface area contributed by atoms with Crippen molar-refractivity contribution >= 4 is 45.8 Å². The monoisotopic (exact) mass is 380 g/mol. The molecule has 6 heteroatoms. The van der Waals surface area contributed by atoms with E-state index in [-0.39, 0.29) is 5.91 Å². The molecule has 0 fully saturated rings. The van der Waals surface area contributed by atoms with Gasteiger partial charge >= 0.3 is 0 Å². The molecular weight excluding hydrogens is 364 g/mol. The number of thioether (sulfide) groups is 1. The van der Waals surface area contributed by atoms with Crippen molar-refractivity contribution in [2.75, 3.05) is 5.32 Å². The molecule has 4 aromatic rings. The molecule has 0 aliphatic heterocycles. The molecule has 0 aliphatic rings. The second kappa shape index (κ2) is 7.35. The minimum Gasteiger partial charge on any atom is -0.441 e. The van der Waals surface area contributed by atoms with Crippen LogP contribution >= 0.6 is 23.1 Å². The predicted molar refractivity (Wildman–Crippen MR) is 107 cm³/mol. The summed E-state index contributed by atoms with van der Waals surface area (Å²) in [6, 6.07) is 17.3. The maximum atomic E-state index is 12.8. The van der Waals surface area contributed by atoms with Gasteiger partial charge in [0.1, 0.15) is 5.52 Å². The normalized spacial score (nSPS) is 11.0. The van der Waals surface area contributed by atoms with Crippen molar-refractivity contribution in [1.82, 2.24) is 4.98 Å². The lowest BCUT2D eigenvalue weighted by Gasteiger charge is -2.09. The van der Waals surface area contributed by atoms with Crippen LogP contribution in [-0.2, 0) is 5.75 Å². The van der Waals surface area contributed by atoms with Crippen LogP contribution in [-0.4, -0.2) is 10.9 Å². The van der Waals surface area contributed by atoms with E-state index in [4.69, 9.17) is 4.42 Å². The van der Waals surface area contributed by atoms with Gasteiger partial charge in [0.25, 0.3) is 5.91 Å². The minimum absolute atomic E-state index is 0.126. The molecule has 1 N–H and O–H groups in total. The van der Waals surface area contributed by atoms with Crippen molar-refractivity contribution < 1.29 is 9.21 Å². The third-order valence-electron chi connectivity index (χ3n) is 3.83. The Kier molecular flexibility index (Phi) is 4.77. The van der Waals surface area contributed by atoms with E-state index in [1.54, 1.807) is 30.0 Å². The zero-order valence-electron chi connectivity index (χ0n) is 14.1. The van der Waals surface area contributed by atoms with Gasteiger partial charge in [-0.05, 0) is 41.8 Å². The minimum atomic E-state index is -0.126. The summed E-state index contributed by atoms with van der Waals surface area (Å²) in [6.45, 7) is 1.80. The summed E-state index contributed by atoms with van der Waals surface area (Å²) in [6.07, 6.45) is 0. The number of benzene rings is 2. The van der Waals surface area contributed by atoms with Crippen LogP contribution < -0.4 is 5.32 Å². The number of carbonyl (C=O) groups is 1. The summed E-state index contributed by atoms with van der Waals surface area (Å²) in [5, 5.41) is 5.03. The first kappa shape index (κ1) is 16.9. The van der Waals surface area contributed by atoms with Crippen LogP contribution in [0.1, 0.15) is 21.1 Å². The molecular formula is C20H16N2O2S2. The zero-order valence-corrected chi connectivity index (χ0v) is 15.7. The van der Waals surface area contributed by atoms with Gasteiger partial charge in [-0.25, -0.2) is 4.98 Å². The van der Waals surface area contributed by atoms with Crippen molar-refractivity contribution in [3.63, 3.8) is 0 Å². The molecule has 0 aliphatic carbocycles. The molecule has 130 valence electrons. The Balaban J connectivity index is 1.53. The summed E-state index contributed by atoms with van der Waals surface area (Å²) in [5.74, 6) is 1.34. The van der Waals surface area contributed by atoms with Gasteiger partial charge < -0.3 is 9.73 Å². The summed E-state index contributed by atoms with van der Waals surface area (Å²) < 4.78 is 5.47. The molecule has 2 aromatic heterocycles. The quantitative estimate of drug-likeness (QED) is 0.448. The van der Waals surface area contributed by atoms with Gasteiger partial charge in [0, 0.05) is 28.1 Å². The van der Waals surface area contributed by atoms with E-state index in [0.717, 1.165) is 16.2 Å². The Morgan fingerprint density at radius 1 is 1.19 bits per heavy atom. The summed E-state index contributed by atoms with van der Waals surface area (Å²) in [7, 11) is 0. The van der Waals surface area contributed by atoms with Gasteiger partial charge in [-0.1, -0.05) is 18.2 Å². The standard InChI is InChI=1S/C20H16N2O2S2/c1-13-21-17-11-14(8-9-18(17)24-13)22-20(23)16-6-2-3-7-19(16)26-12-15-5-4-10-25-15/h2-11H,12H2,1H3,(H,22,23). The zero-order chi connectivity index (χ0) is 17.9. The fraction of sp³-hybridized carbons (Fsp3) is 0.100. The Morgan fingerprint density at radius 2 is 2.08 bits per heavy atom. The van der Waals surface area contributed by atoms with Gasteiger partial charge in [0.2, 0.25) is 0 Å². The van der Waals surface area contributed by atoms with E-state index in [2.05, 4.69) is 21.7 Å². The van der Waals surface area contributed by atoms with Crippen LogP contribution in [0.25, 0.3) is 11.1 Å². The largest absolute Gasteiger partial charge is 0.441 e. The van der Waals surface area contributed by atoms with Crippen molar-refractivity contribution in [3.8, 4) is 0 Å². The first-order chi connectivity index (χ1) is 12.7. The number of anilines is 1. The van der Waals surface area contributed by atoms with Crippen LogP contribution in [0.3, 0.4) is 0 Å². The lowest BCUT2D eigenvalue weighted by Crippen LogP contribution is -2.12. The lowest BCUT2D eigenvalue weighted by atomic mass is 10.2. The number of oxazole rings is 1. The van der Waals surface area contributed by atoms with Crippen LogP contribution in [0.5, 0.6) is 0 Å². The number of carbonyl (C=O) groups excluding carboxylic acids is 1. The number of nitrogens with one attached hydrogen (secondary N) is 1. The second-order valence-corrected chi connectivity index (χ2v) is 7.78. The summed E-state index contributed by atoms with van der Waals surface area (Å²) in [4.78, 5) is 19.3. The molecule has 0 saturated carbocycles. The third kappa shape index (κ3) is 3.66. The molecule has 2 aromatic carbocycles. The van der Waals surface area contributed by atoms with Crippen molar-refractivity contribution in [1.29, 1.82) is 0 Å². The topological polar surface area (TPSA) is 55.1 Å². The van der Waals surface area contributed by atoms with E-state index < -0.39 is 0 Å². The van der Waals surface area contributed by atoms with Crippen molar-refractivity contribution in [2.45, 2.75) is 17.6 Å². The number of amides is 1. The Bertz CT molecular complexity index is 1050. The van der Waals surface area contributed by atoms with E-state index >= 15 is 0 Å². The fourth-order valence-electron chi connectivity index (χ4n) is 2.64. The van der Waals surface area contributed by atoms with E-state index in [0.29, 0.717) is 22.7 Å². The van der Waals surface area contributed by atoms with Gasteiger partial charge in [-0.15, -0.1) is 23.1 Å². The molecule has 0 bridgehead atoms. The van der Waals surface area contributed by atoms with Gasteiger partial charge in [0.15, 0.2) is 11.5 Å². The highest BCUT2D eigenvalue weighted by Gasteiger charge is 2.13. The van der Waals surface area contributed by atoms with Crippen molar-refractivity contribution in [3.05, 3.63) is 76.3 Å². The maximum absolute atomic E-state index is 12.8. The average Bonchev–Trinajstić information content (AvgIpc) is 3.28. The maximum Gasteiger partial charge on any atom is 0.256 e. The molecule has 0 unspecified atom stereocenters. The first-order valence-electron chi connectivity index (χ1n) is 8.12. The van der Waals surface area contributed by atoms with Gasteiger partial charge in [-0.3, -0.25) is 4.79 Å². The molecule has 2 heterocycles. The number of aromatic nitrogens is 1. The van der Waals surface area contributed by atoms with E-state index in [1.165, 1.54) is 4.88 Å². The molecule has 1 amide bonds. The molecule has 0 saturated heterocycles. The number of nitrogens with zero attached hydrogens (tertiary/aromatic N) is 1. The van der Waals surface area contributed by atoms with Crippen LogP contribution in [0.2, 0.25) is 0 Å². The van der Waals surface area contributed by atoms with Crippen molar-refractivity contribution in [2.24, 2.45) is 0 Å². The number of aryl methyl sites for hydroxylation is 1. The second-order valence-electron chi connectivity index (χ2n) is 5.73. The smallest absolute Gasteiger partial charge is 0.256 e. The first-order valence-corrected chi connectivity index (χ1v) is 9.98. The fourth-order valence-corrected chi connectivity index (χ4v) is 4.47. The number of fused-ring (bicyclic) bond motifs is 1. The van der Waals surface area contributed by atoms with Crippen LogP contribution in [0.15, 0.2) is 69.3 Å². The number of hydrogen-bond acceptors (Lipinski definition) is 5. The molecule has 0 radical (unpaired) electrons. The summed E-state index contributed by atoms with van der Waals surface area (Å²) >= 11 is 3.40. The molecule has 4 nitrogen and oxygen atoms in total. The predicted octanol–water partition coefficient (Wildman–Crippen LogP) is 5.74. The van der Waals surface area contributed by atoms with E-state index in [1.807, 2.05) is 48.5 Å². The SMILES string of the molecule is Cc1nc2cc(NC(=O)c3ccccc3SCc3cccs3)ccc2o1. The number of hydrogen-bond donors (Lipinski definition) is 1. The summed E-state index contributed by atoms with van der Waals surface area (Å²) in [5.41, 5.74) is 2.83. The van der Waals surface area contributed by atoms with Crippen LogP contribution in [0.4, 0.5) is 5.69 Å². The van der Waals surface area contributed by atoms with E-state index in [9.17, 15) is 4.79 Å². The lowest BCUT2D eigenvalue weighted by molar-refractivity contribution is 0.102. The average molecular weight is 380 g/mol. The highest BCUT2D eigenvalue weighted by Crippen LogP contribution is 2.29. The number of thiophene rings is 1. The highest BCUT2D eigenvalue weighted by atomic mass is 32.2. The Hall–Kier alpha value is -2.57. The highest BCUT2D eigenvalue weighted by molar-refractivity contribution is 7.98. The van der Waals surface area contributed by atoms with Crippen LogP contribution in [0, 0.1) is 6.92 Å². The Labute approximate surface area is 159 Å². The molecule has 26 heavy (non-hydrogen) atoms. The van der Waals surface area contributed by atoms with Gasteiger partial charge in [-0.2, -0.15) is 0 Å². The third-order valence-corrected chi connectivity index (χ3v) is 6.02. The molecule has 0 atom stereocenters.